The van der Waals surface area contributed by atoms with Gasteiger partial charge in [-0.1, -0.05) is 23.7 Å². The third-order valence-corrected chi connectivity index (χ3v) is 3.32. The number of aromatic nitrogens is 2. The highest BCUT2D eigenvalue weighted by Gasteiger charge is 2.19. The summed E-state index contributed by atoms with van der Waals surface area (Å²) in [5, 5.41) is 15.1. The molecular formula is C14H17ClN2O3. The summed E-state index contributed by atoms with van der Waals surface area (Å²) in [6.07, 6.45) is 0.687. The summed E-state index contributed by atoms with van der Waals surface area (Å²) in [6.45, 7) is 1.03. The molecule has 2 rings (SSSR count). The lowest BCUT2D eigenvalue weighted by molar-refractivity contribution is 0.171. The number of methoxy groups -OCH3 is 2. The van der Waals surface area contributed by atoms with E-state index in [2.05, 4.69) is 5.10 Å². The van der Waals surface area contributed by atoms with Crippen LogP contribution in [0.1, 0.15) is 17.4 Å². The van der Waals surface area contributed by atoms with Gasteiger partial charge in [-0.15, -0.1) is 0 Å². The van der Waals surface area contributed by atoms with Crippen LogP contribution in [0.4, 0.5) is 0 Å². The lowest BCUT2D eigenvalue weighted by atomic mass is 10.1. The maximum absolute atomic E-state index is 10.5. The number of aliphatic hydroxyl groups is 1. The Kier molecular flexibility index (Phi) is 5.00. The highest BCUT2D eigenvalue weighted by molar-refractivity contribution is 6.31. The van der Waals surface area contributed by atoms with Crippen LogP contribution in [0.5, 0.6) is 5.75 Å². The number of aliphatic hydroxyl groups excluding tert-OH is 1. The first-order chi connectivity index (χ1) is 9.67. The monoisotopic (exact) mass is 296 g/mol. The van der Waals surface area contributed by atoms with Crippen molar-refractivity contribution in [1.29, 1.82) is 0 Å². The van der Waals surface area contributed by atoms with Crippen molar-refractivity contribution < 1.29 is 14.6 Å². The molecule has 1 aromatic heterocycles. The Hall–Kier alpha value is -1.56. The van der Waals surface area contributed by atoms with Crippen LogP contribution >= 0.6 is 11.6 Å². The van der Waals surface area contributed by atoms with Gasteiger partial charge in [-0.05, 0) is 17.7 Å². The predicted molar refractivity (Wildman–Crippen MR) is 76.2 cm³/mol. The van der Waals surface area contributed by atoms with E-state index in [0.717, 1.165) is 11.3 Å². The van der Waals surface area contributed by atoms with E-state index in [0.29, 0.717) is 23.9 Å². The second-order valence-electron chi connectivity index (χ2n) is 4.27. The Bertz CT molecular complexity index is 554. The molecule has 6 heteroatoms. The zero-order valence-electron chi connectivity index (χ0n) is 11.4. The summed E-state index contributed by atoms with van der Waals surface area (Å²) >= 11 is 6.12. The molecule has 5 nitrogen and oxygen atoms in total. The Morgan fingerprint density at radius 3 is 2.60 bits per heavy atom. The lowest BCUT2D eigenvalue weighted by Crippen LogP contribution is -2.13. The van der Waals surface area contributed by atoms with Gasteiger partial charge >= 0.3 is 0 Å². The summed E-state index contributed by atoms with van der Waals surface area (Å²) in [7, 11) is 3.22. The number of halogens is 1. The van der Waals surface area contributed by atoms with Crippen LogP contribution in [0.15, 0.2) is 30.5 Å². The number of hydrogen-bond donors (Lipinski definition) is 1. The van der Waals surface area contributed by atoms with Crippen LogP contribution < -0.4 is 4.74 Å². The molecule has 0 saturated heterocycles. The van der Waals surface area contributed by atoms with Crippen LogP contribution in [0, 0.1) is 0 Å². The third kappa shape index (κ3) is 3.12. The highest BCUT2D eigenvalue weighted by Crippen LogP contribution is 2.29. The maximum Gasteiger partial charge on any atom is 0.122 e. The van der Waals surface area contributed by atoms with Crippen molar-refractivity contribution in [2.45, 2.75) is 12.6 Å². The molecule has 1 unspecified atom stereocenters. The second kappa shape index (κ2) is 6.74. The first kappa shape index (κ1) is 14.8. The summed E-state index contributed by atoms with van der Waals surface area (Å²) < 4.78 is 11.8. The van der Waals surface area contributed by atoms with E-state index in [1.165, 1.54) is 6.20 Å². The molecule has 1 atom stereocenters. The van der Waals surface area contributed by atoms with Crippen LogP contribution in [-0.4, -0.2) is 35.7 Å². The Morgan fingerprint density at radius 2 is 2.00 bits per heavy atom. The molecule has 1 aromatic carbocycles. The van der Waals surface area contributed by atoms with E-state index in [-0.39, 0.29) is 0 Å². The Balaban J connectivity index is 2.26. The first-order valence-electron chi connectivity index (χ1n) is 6.19. The molecule has 0 saturated carbocycles. The molecule has 0 spiro atoms. The zero-order valence-corrected chi connectivity index (χ0v) is 12.2. The number of nitrogens with zero attached hydrogens (tertiary/aromatic N) is 2. The van der Waals surface area contributed by atoms with Crippen molar-refractivity contribution in [1.82, 2.24) is 9.78 Å². The normalized spacial score (nSPS) is 12.4. The second-order valence-corrected chi connectivity index (χ2v) is 4.68. The van der Waals surface area contributed by atoms with Crippen molar-refractivity contribution >= 4 is 11.6 Å². The molecule has 20 heavy (non-hydrogen) atoms. The third-order valence-electron chi connectivity index (χ3n) is 3.03. The van der Waals surface area contributed by atoms with E-state index in [1.54, 1.807) is 43.2 Å². The lowest BCUT2D eigenvalue weighted by Gasteiger charge is -2.14. The van der Waals surface area contributed by atoms with Crippen LogP contribution in [-0.2, 0) is 11.3 Å². The number of hydrogen-bond acceptors (Lipinski definition) is 4. The zero-order chi connectivity index (χ0) is 14.5. The smallest absolute Gasteiger partial charge is 0.122 e. The Morgan fingerprint density at radius 1 is 1.30 bits per heavy atom. The molecule has 0 fully saturated rings. The highest BCUT2D eigenvalue weighted by atomic mass is 35.5. The van der Waals surface area contributed by atoms with Crippen molar-refractivity contribution in [2.75, 3.05) is 20.8 Å². The predicted octanol–water partition coefficient (Wildman–Crippen LogP) is 2.27. The van der Waals surface area contributed by atoms with Crippen molar-refractivity contribution in [3.05, 3.63) is 46.7 Å². The van der Waals surface area contributed by atoms with Gasteiger partial charge in [-0.3, -0.25) is 4.68 Å². The summed E-state index contributed by atoms with van der Waals surface area (Å²) in [6, 6.07) is 7.19. The summed E-state index contributed by atoms with van der Waals surface area (Å²) in [5.41, 5.74) is 1.29. The molecule has 2 aromatic rings. The first-order valence-corrected chi connectivity index (χ1v) is 6.57. The number of ether oxygens (including phenoxy) is 2. The number of rotatable bonds is 6. The van der Waals surface area contributed by atoms with Crippen molar-refractivity contribution in [3.63, 3.8) is 0 Å². The largest absolute Gasteiger partial charge is 0.497 e. The van der Waals surface area contributed by atoms with Crippen molar-refractivity contribution in [2.24, 2.45) is 0 Å². The fraction of sp³-hybridized carbons (Fsp3) is 0.357. The standard InChI is InChI=1S/C14H17ClN2O3/c1-19-8-7-17-13(12(15)9-16-17)14(18)10-3-5-11(20-2)6-4-10/h3-6,9,14,18H,7-8H2,1-2H3. The quantitative estimate of drug-likeness (QED) is 0.888. The van der Waals surface area contributed by atoms with Gasteiger partial charge in [-0.25, -0.2) is 0 Å². The molecule has 1 N–H and O–H groups in total. The van der Waals surface area contributed by atoms with Gasteiger partial charge < -0.3 is 14.6 Å². The molecule has 0 aliphatic rings. The molecule has 108 valence electrons. The average molecular weight is 297 g/mol. The van der Waals surface area contributed by atoms with Crippen LogP contribution in [0.2, 0.25) is 5.02 Å². The summed E-state index contributed by atoms with van der Waals surface area (Å²) in [5.74, 6) is 0.736. The van der Waals surface area contributed by atoms with E-state index < -0.39 is 6.10 Å². The molecule has 0 aliphatic carbocycles. The minimum Gasteiger partial charge on any atom is -0.497 e. The van der Waals surface area contributed by atoms with Gasteiger partial charge in [0.2, 0.25) is 0 Å². The van der Waals surface area contributed by atoms with Gasteiger partial charge in [-0.2, -0.15) is 5.10 Å². The fourth-order valence-corrected chi connectivity index (χ4v) is 2.19. The topological polar surface area (TPSA) is 56.5 Å². The van der Waals surface area contributed by atoms with Gasteiger partial charge in [0.1, 0.15) is 11.9 Å². The molecule has 0 amide bonds. The van der Waals surface area contributed by atoms with Gasteiger partial charge in [0.15, 0.2) is 0 Å². The minimum atomic E-state index is -0.840. The van der Waals surface area contributed by atoms with E-state index in [4.69, 9.17) is 21.1 Å². The SMILES string of the molecule is COCCn1ncc(Cl)c1C(O)c1ccc(OC)cc1. The van der Waals surface area contributed by atoms with Crippen LogP contribution in [0.25, 0.3) is 0 Å². The molecular weight excluding hydrogens is 280 g/mol. The van der Waals surface area contributed by atoms with E-state index in [1.807, 2.05) is 0 Å². The van der Waals surface area contributed by atoms with Gasteiger partial charge in [0, 0.05) is 7.11 Å². The minimum absolute atomic E-state index is 0.435. The Labute approximate surface area is 122 Å². The molecule has 0 radical (unpaired) electrons. The maximum atomic E-state index is 10.5. The van der Waals surface area contributed by atoms with Crippen LogP contribution in [0.3, 0.4) is 0 Å². The summed E-state index contributed by atoms with van der Waals surface area (Å²) in [4.78, 5) is 0. The molecule has 0 aliphatic heterocycles. The van der Waals surface area contributed by atoms with Gasteiger partial charge in [0.05, 0.1) is 37.2 Å². The van der Waals surface area contributed by atoms with E-state index in [9.17, 15) is 5.11 Å². The van der Waals surface area contributed by atoms with E-state index >= 15 is 0 Å². The molecule has 1 heterocycles. The van der Waals surface area contributed by atoms with Gasteiger partial charge in [0.25, 0.3) is 0 Å². The molecule has 0 bridgehead atoms. The fourth-order valence-electron chi connectivity index (χ4n) is 1.94. The van der Waals surface area contributed by atoms with Crippen molar-refractivity contribution in [3.8, 4) is 5.75 Å². The average Bonchev–Trinajstić information content (AvgIpc) is 2.85. The number of benzene rings is 1.